The number of benzene rings is 2. The molecule has 0 aromatic heterocycles. The summed E-state index contributed by atoms with van der Waals surface area (Å²) in [4.78, 5) is 40.6. The standard InChI is InChI=1S/C26H31N3O3/c1-17(2)24(30)27-20-12-8-13-21(16-20)28-25(31)23-15-19-11-6-7-14-22(19)29(23)26(32)18-9-4-3-5-10-18/h3-5,8-10,12-13,16-17,19,22-23H,6-7,11,14-15H2,1-2H3,(H,27,30)(H,28,31). The predicted molar refractivity (Wildman–Crippen MR) is 125 cm³/mol. The minimum Gasteiger partial charge on any atom is -0.326 e. The first-order chi connectivity index (χ1) is 15.4. The van der Waals surface area contributed by atoms with Crippen LogP contribution in [0.25, 0.3) is 0 Å². The maximum atomic E-state index is 13.4. The molecular formula is C26H31N3O3. The number of nitrogens with one attached hydrogen (secondary N) is 2. The van der Waals surface area contributed by atoms with Gasteiger partial charge in [0, 0.05) is 28.9 Å². The molecule has 3 unspecified atom stereocenters. The third kappa shape index (κ3) is 4.69. The average Bonchev–Trinajstić information content (AvgIpc) is 3.19. The maximum absolute atomic E-state index is 13.4. The van der Waals surface area contributed by atoms with E-state index in [1.54, 1.807) is 24.3 Å². The molecule has 168 valence electrons. The minimum absolute atomic E-state index is 0.0712. The Hall–Kier alpha value is -3.15. The lowest BCUT2D eigenvalue weighted by atomic mass is 9.84. The number of likely N-dealkylation sites (tertiary alicyclic amines) is 1. The Bertz CT molecular complexity index is 989. The fourth-order valence-electron chi connectivity index (χ4n) is 4.90. The highest BCUT2D eigenvalue weighted by molar-refractivity contribution is 6.02. The molecular weight excluding hydrogens is 402 g/mol. The first-order valence-corrected chi connectivity index (χ1v) is 11.5. The van der Waals surface area contributed by atoms with Crippen molar-refractivity contribution in [1.29, 1.82) is 0 Å². The van der Waals surface area contributed by atoms with Gasteiger partial charge in [-0.2, -0.15) is 0 Å². The number of nitrogens with zero attached hydrogens (tertiary/aromatic N) is 1. The molecule has 1 saturated heterocycles. The molecule has 2 N–H and O–H groups in total. The Morgan fingerprint density at radius 2 is 1.59 bits per heavy atom. The van der Waals surface area contributed by atoms with Gasteiger partial charge in [-0.1, -0.05) is 51.0 Å². The lowest BCUT2D eigenvalue weighted by Crippen LogP contribution is -2.47. The van der Waals surface area contributed by atoms with Crippen LogP contribution in [0.4, 0.5) is 11.4 Å². The van der Waals surface area contributed by atoms with Crippen molar-refractivity contribution in [3.63, 3.8) is 0 Å². The summed E-state index contributed by atoms with van der Waals surface area (Å²) < 4.78 is 0. The van der Waals surface area contributed by atoms with Gasteiger partial charge in [-0.25, -0.2) is 0 Å². The topological polar surface area (TPSA) is 78.5 Å². The minimum atomic E-state index is -0.496. The van der Waals surface area contributed by atoms with Crippen LogP contribution in [0.3, 0.4) is 0 Å². The van der Waals surface area contributed by atoms with E-state index in [-0.39, 0.29) is 29.7 Å². The first kappa shape index (κ1) is 22.1. The van der Waals surface area contributed by atoms with Crippen LogP contribution >= 0.6 is 0 Å². The first-order valence-electron chi connectivity index (χ1n) is 11.5. The molecule has 3 atom stereocenters. The van der Waals surface area contributed by atoms with E-state index in [1.165, 1.54) is 0 Å². The van der Waals surface area contributed by atoms with Gasteiger partial charge < -0.3 is 15.5 Å². The van der Waals surface area contributed by atoms with E-state index in [2.05, 4.69) is 10.6 Å². The smallest absolute Gasteiger partial charge is 0.254 e. The normalized spacial score (nSPS) is 22.3. The van der Waals surface area contributed by atoms with E-state index in [0.29, 0.717) is 29.3 Å². The fourth-order valence-corrected chi connectivity index (χ4v) is 4.90. The molecule has 0 spiro atoms. The van der Waals surface area contributed by atoms with Crippen molar-refractivity contribution in [1.82, 2.24) is 4.90 Å². The van der Waals surface area contributed by atoms with E-state index < -0.39 is 6.04 Å². The van der Waals surface area contributed by atoms with Crippen LogP contribution < -0.4 is 10.6 Å². The molecule has 6 heteroatoms. The number of hydrogen-bond acceptors (Lipinski definition) is 3. The number of carbonyl (C=O) groups is 3. The van der Waals surface area contributed by atoms with Crippen LogP contribution in [0.15, 0.2) is 54.6 Å². The third-order valence-corrected chi connectivity index (χ3v) is 6.57. The van der Waals surface area contributed by atoms with Gasteiger partial charge in [0.15, 0.2) is 0 Å². The fraction of sp³-hybridized carbons (Fsp3) is 0.423. The molecule has 2 aliphatic rings. The van der Waals surface area contributed by atoms with Crippen LogP contribution in [0.2, 0.25) is 0 Å². The van der Waals surface area contributed by atoms with Crippen molar-refractivity contribution in [3.05, 3.63) is 60.2 Å². The zero-order valence-corrected chi connectivity index (χ0v) is 18.7. The molecule has 2 aromatic carbocycles. The Morgan fingerprint density at radius 1 is 0.906 bits per heavy atom. The van der Waals surface area contributed by atoms with Crippen LogP contribution in [-0.4, -0.2) is 34.7 Å². The van der Waals surface area contributed by atoms with Crippen LogP contribution in [-0.2, 0) is 9.59 Å². The van der Waals surface area contributed by atoms with E-state index in [1.807, 2.05) is 49.1 Å². The summed E-state index contributed by atoms with van der Waals surface area (Å²) in [7, 11) is 0. The predicted octanol–water partition coefficient (Wildman–Crippen LogP) is 4.69. The van der Waals surface area contributed by atoms with Gasteiger partial charge >= 0.3 is 0 Å². The second-order valence-corrected chi connectivity index (χ2v) is 9.16. The molecule has 2 aromatic rings. The molecule has 0 radical (unpaired) electrons. The molecule has 6 nitrogen and oxygen atoms in total. The largest absolute Gasteiger partial charge is 0.326 e. The highest BCUT2D eigenvalue weighted by atomic mass is 16.2. The number of rotatable bonds is 5. The summed E-state index contributed by atoms with van der Waals surface area (Å²) in [5.74, 6) is -0.0847. The number of hydrogen-bond donors (Lipinski definition) is 2. The van der Waals surface area contributed by atoms with Gasteiger partial charge in [0.25, 0.3) is 5.91 Å². The molecule has 32 heavy (non-hydrogen) atoms. The van der Waals surface area contributed by atoms with Crippen molar-refractivity contribution in [2.45, 2.75) is 58.0 Å². The van der Waals surface area contributed by atoms with Crippen LogP contribution in [0.5, 0.6) is 0 Å². The highest BCUT2D eigenvalue weighted by Crippen LogP contribution is 2.41. The quantitative estimate of drug-likeness (QED) is 0.718. The maximum Gasteiger partial charge on any atom is 0.254 e. The summed E-state index contributed by atoms with van der Waals surface area (Å²) in [6.07, 6.45) is 4.94. The second kappa shape index (κ2) is 9.55. The van der Waals surface area contributed by atoms with Crippen LogP contribution in [0.1, 0.15) is 56.3 Å². The highest BCUT2D eigenvalue weighted by Gasteiger charge is 2.47. The van der Waals surface area contributed by atoms with Crippen molar-refractivity contribution in [2.24, 2.45) is 11.8 Å². The summed E-state index contributed by atoms with van der Waals surface area (Å²) >= 11 is 0. The molecule has 1 heterocycles. The second-order valence-electron chi connectivity index (χ2n) is 9.16. The van der Waals surface area contributed by atoms with Gasteiger partial charge in [-0.15, -0.1) is 0 Å². The van der Waals surface area contributed by atoms with E-state index in [9.17, 15) is 14.4 Å². The molecule has 1 saturated carbocycles. The van der Waals surface area contributed by atoms with E-state index >= 15 is 0 Å². The number of fused-ring (bicyclic) bond motifs is 1. The zero-order valence-electron chi connectivity index (χ0n) is 18.7. The average molecular weight is 434 g/mol. The monoisotopic (exact) mass is 433 g/mol. The van der Waals surface area contributed by atoms with Crippen molar-refractivity contribution in [3.8, 4) is 0 Å². The molecule has 1 aliphatic carbocycles. The van der Waals surface area contributed by atoms with E-state index in [4.69, 9.17) is 0 Å². The van der Waals surface area contributed by atoms with Crippen molar-refractivity contribution < 1.29 is 14.4 Å². The van der Waals surface area contributed by atoms with Gasteiger partial charge in [-0.3, -0.25) is 14.4 Å². The number of amides is 3. The van der Waals surface area contributed by atoms with Crippen molar-refractivity contribution >= 4 is 29.1 Å². The molecule has 0 bridgehead atoms. The van der Waals surface area contributed by atoms with Gasteiger partial charge in [0.05, 0.1) is 0 Å². The molecule has 4 rings (SSSR count). The van der Waals surface area contributed by atoms with Gasteiger partial charge in [0.2, 0.25) is 11.8 Å². The molecule has 2 fully saturated rings. The zero-order chi connectivity index (χ0) is 22.7. The molecule has 1 aliphatic heterocycles. The van der Waals surface area contributed by atoms with Crippen LogP contribution in [0, 0.1) is 11.8 Å². The third-order valence-electron chi connectivity index (χ3n) is 6.57. The SMILES string of the molecule is CC(C)C(=O)Nc1cccc(NC(=O)C2CC3CCCCC3N2C(=O)c2ccccc2)c1. The molecule has 3 amide bonds. The van der Waals surface area contributed by atoms with Crippen molar-refractivity contribution in [2.75, 3.05) is 10.6 Å². The summed E-state index contributed by atoms with van der Waals surface area (Å²) in [5.41, 5.74) is 1.87. The van der Waals surface area contributed by atoms with Gasteiger partial charge in [0.1, 0.15) is 6.04 Å². The Balaban J connectivity index is 1.54. The lowest BCUT2D eigenvalue weighted by molar-refractivity contribution is -0.120. The van der Waals surface area contributed by atoms with Gasteiger partial charge in [-0.05, 0) is 55.5 Å². The Morgan fingerprint density at radius 3 is 2.31 bits per heavy atom. The number of carbonyl (C=O) groups excluding carboxylic acids is 3. The summed E-state index contributed by atoms with van der Waals surface area (Å²) in [5, 5.41) is 5.85. The Kier molecular flexibility index (Phi) is 6.58. The van der Waals surface area contributed by atoms with E-state index in [0.717, 1.165) is 25.7 Å². The summed E-state index contributed by atoms with van der Waals surface area (Å²) in [6, 6.07) is 16.0. The lowest BCUT2D eigenvalue weighted by Gasteiger charge is -2.33. The summed E-state index contributed by atoms with van der Waals surface area (Å²) in [6.45, 7) is 3.66. The Labute approximate surface area is 189 Å². The number of anilines is 2.